The largest absolute Gasteiger partial charge is 0.487 e. The van der Waals surface area contributed by atoms with Gasteiger partial charge in [0.15, 0.2) is 0 Å². The smallest absolute Gasteiger partial charge is 0.130 e. The van der Waals surface area contributed by atoms with Gasteiger partial charge < -0.3 is 10.1 Å². The molecule has 19 heavy (non-hydrogen) atoms. The summed E-state index contributed by atoms with van der Waals surface area (Å²) in [6, 6.07) is 10.5. The Bertz CT molecular complexity index is 548. The molecular formula is C15H21N3O. The molecule has 0 saturated heterocycles. The van der Waals surface area contributed by atoms with Gasteiger partial charge in [0.2, 0.25) is 0 Å². The lowest BCUT2D eigenvalue weighted by molar-refractivity contribution is 0.294. The van der Waals surface area contributed by atoms with Gasteiger partial charge in [0.05, 0.1) is 11.4 Å². The summed E-state index contributed by atoms with van der Waals surface area (Å²) in [7, 11) is 3.89. The number of hydrogen-bond acceptors (Lipinski definition) is 3. The van der Waals surface area contributed by atoms with Crippen LogP contribution in [0.25, 0.3) is 0 Å². The van der Waals surface area contributed by atoms with E-state index < -0.39 is 0 Å². The standard InChI is InChI=1S/C15H21N3O/c1-11-8-14(18(4)17-11)10-19-15-7-5-6-13(9-15)12(2)16-3/h5-9,12,16H,10H2,1-4H3. The van der Waals surface area contributed by atoms with Crippen molar-refractivity contribution >= 4 is 0 Å². The number of ether oxygens (including phenoxy) is 1. The van der Waals surface area contributed by atoms with Gasteiger partial charge in [-0.3, -0.25) is 4.68 Å². The molecule has 2 rings (SSSR count). The molecule has 1 heterocycles. The van der Waals surface area contributed by atoms with Crippen molar-refractivity contribution in [3.05, 3.63) is 47.3 Å². The Balaban J connectivity index is 2.05. The van der Waals surface area contributed by atoms with Crippen molar-refractivity contribution in [2.24, 2.45) is 7.05 Å². The highest BCUT2D eigenvalue weighted by Crippen LogP contribution is 2.19. The normalized spacial score (nSPS) is 12.4. The fourth-order valence-corrected chi connectivity index (χ4v) is 2.00. The van der Waals surface area contributed by atoms with E-state index in [1.165, 1.54) is 5.56 Å². The van der Waals surface area contributed by atoms with Crippen molar-refractivity contribution in [3.8, 4) is 5.75 Å². The van der Waals surface area contributed by atoms with E-state index in [1.807, 2.05) is 43.9 Å². The molecule has 0 aliphatic rings. The number of aryl methyl sites for hydroxylation is 2. The van der Waals surface area contributed by atoms with Crippen molar-refractivity contribution in [2.75, 3.05) is 7.05 Å². The zero-order chi connectivity index (χ0) is 13.8. The first-order valence-corrected chi connectivity index (χ1v) is 6.49. The van der Waals surface area contributed by atoms with Gasteiger partial charge in [0.1, 0.15) is 12.4 Å². The monoisotopic (exact) mass is 259 g/mol. The molecule has 0 fully saturated rings. The molecule has 0 spiro atoms. The fraction of sp³-hybridized carbons (Fsp3) is 0.400. The van der Waals surface area contributed by atoms with Crippen LogP contribution < -0.4 is 10.1 Å². The number of benzene rings is 1. The van der Waals surface area contributed by atoms with Gasteiger partial charge in [0, 0.05) is 13.1 Å². The zero-order valence-electron chi connectivity index (χ0n) is 12.0. The molecule has 4 nitrogen and oxygen atoms in total. The summed E-state index contributed by atoms with van der Waals surface area (Å²) in [5.41, 5.74) is 3.31. The number of rotatable bonds is 5. The van der Waals surface area contributed by atoms with E-state index in [4.69, 9.17) is 4.74 Å². The first-order valence-electron chi connectivity index (χ1n) is 6.49. The molecule has 1 atom stereocenters. The average molecular weight is 259 g/mol. The Hall–Kier alpha value is -1.81. The SMILES string of the molecule is CNC(C)c1cccc(OCc2cc(C)nn2C)c1. The van der Waals surface area contributed by atoms with E-state index in [0.717, 1.165) is 17.1 Å². The second-order valence-corrected chi connectivity index (χ2v) is 4.77. The maximum atomic E-state index is 5.83. The molecule has 0 saturated carbocycles. The third-order valence-corrected chi connectivity index (χ3v) is 3.28. The molecule has 0 aliphatic carbocycles. The van der Waals surface area contributed by atoms with Crippen LogP contribution in [0, 0.1) is 6.92 Å². The third-order valence-electron chi connectivity index (χ3n) is 3.28. The van der Waals surface area contributed by atoms with E-state index in [0.29, 0.717) is 12.6 Å². The van der Waals surface area contributed by atoms with Crippen molar-refractivity contribution in [2.45, 2.75) is 26.5 Å². The molecule has 102 valence electrons. The Kier molecular flexibility index (Phi) is 4.22. The van der Waals surface area contributed by atoms with Crippen LogP contribution in [0.2, 0.25) is 0 Å². The molecule has 2 aromatic rings. The molecule has 1 aromatic carbocycles. The second kappa shape index (κ2) is 5.89. The molecule has 1 unspecified atom stereocenters. The van der Waals surface area contributed by atoms with Crippen molar-refractivity contribution < 1.29 is 4.74 Å². The predicted molar refractivity (Wildman–Crippen MR) is 76.2 cm³/mol. The van der Waals surface area contributed by atoms with Gasteiger partial charge in [0.25, 0.3) is 0 Å². The van der Waals surface area contributed by atoms with Gasteiger partial charge in [-0.2, -0.15) is 5.10 Å². The lowest BCUT2D eigenvalue weighted by Gasteiger charge is -2.12. The van der Waals surface area contributed by atoms with Crippen LogP contribution in [-0.4, -0.2) is 16.8 Å². The van der Waals surface area contributed by atoms with E-state index >= 15 is 0 Å². The van der Waals surface area contributed by atoms with Gasteiger partial charge >= 0.3 is 0 Å². The van der Waals surface area contributed by atoms with E-state index in [1.54, 1.807) is 0 Å². The summed E-state index contributed by atoms with van der Waals surface area (Å²) in [6.07, 6.45) is 0. The maximum Gasteiger partial charge on any atom is 0.130 e. The van der Waals surface area contributed by atoms with Crippen molar-refractivity contribution in [1.29, 1.82) is 0 Å². The quantitative estimate of drug-likeness (QED) is 0.897. The van der Waals surface area contributed by atoms with Crippen LogP contribution >= 0.6 is 0 Å². The van der Waals surface area contributed by atoms with Crippen molar-refractivity contribution in [1.82, 2.24) is 15.1 Å². The molecule has 1 N–H and O–H groups in total. The Morgan fingerprint density at radius 1 is 1.37 bits per heavy atom. The highest BCUT2D eigenvalue weighted by atomic mass is 16.5. The summed E-state index contributed by atoms with van der Waals surface area (Å²) in [5, 5.41) is 7.53. The van der Waals surface area contributed by atoms with Crippen LogP contribution in [0.1, 0.15) is 29.9 Å². The van der Waals surface area contributed by atoms with Gasteiger partial charge in [-0.05, 0) is 44.7 Å². The van der Waals surface area contributed by atoms with Gasteiger partial charge in [-0.25, -0.2) is 0 Å². The van der Waals surface area contributed by atoms with Gasteiger partial charge in [-0.1, -0.05) is 12.1 Å². The fourth-order valence-electron chi connectivity index (χ4n) is 2.00. The van der Waals surface area contributed by atoms with E-state index in [2.05, 4.69) is 29.5 Å². The summed E-state index contributed by atoms with van der Waals surface area (Å²) in [6.45, 7) is 4.65. The molecule has 0 bridgehead atoms. The first-order chi connectivity index (χ1) is 9.10. The molecule has 0 radical (unpaired) electrons. The Labute approximate surface area is 114 Å². The van der Waals surface area contributed by atoms with Crippen LogP contribution in [0.4, 0.5) is 0 Å². The highest BCUT2D eigenvalue weighted by Gasteiger charge is 2.06. The summed E-state index contributed by atoms with van der Waals surface area (Å²) < 4.78 is 7.69. The number of nitrogens with one attached hydrogen (secondary N) is 1. The third kappa shape index (κ3) is 3.35. The summed E-state index contributed by atoms with van der Waals surface area (Å²) >= 11 is 0. The topological polar surface area (TPSA) is 39.1 Å². The highest BCUT2D eigenvalue weighted by molar-refractivity contribution is 5.30. The van der Waals surface area contributed by atoms with Crippen LogP contribution in [0.5, 0.6) is 5.75 Å². The van der Waals surface area contributed by atoms with Crippen LogP contribution in [-0.2, 0) is 13.7 Å². The molecular weight excluding hydrogens is 238 g/mol. The van der Waals surface area contributed by atoms with E-state index in [-0.39, 0.29) is 0 Å². The molecule has 1 aromatic heterocycles. The maximum absolute atomic E-state index is 5.83. The second-order valence-electron chi connectivity index (χ2n) is 4.77. The Morgan fingerprint density at radius 3 is 2.79 bits per heavy atom. The first kappa shape index (κ1) is 13.6. The molecule has 0 amide bonds. The number of nitrogens with zero attached hydrogens (tertiary/aromatic N) is 2. The van der Waals surface area contributed by atoms with Gasteiger partial charge in [-0.15, -0.1) is 0 Å². The average Bonchev–Trinajstić information content (AvgIpc) is 2.74. The van der Waals surface area contributed by atoms with Crippen molar-refractivity contribution in [3.63, 3.8) is 0 Å². The number of aromatic nitrogens is 2. The summed E-state index contributed by atoms with van der Waals surface area (Å²) in [4.78, 5) is 0. The lowest BCUT2D eigenvalue weighted by atomic mass is 10.1. The van der Waals surface area contributed by atoms with E-state index in [9.17, 15) is 0 Å². The lowest BCUT2D eigenvalue weighted by Crippen LogP contribution is -2.12. The molecule has 0 aliphatic heterocycles. The summed E-state index contributed by atoms with van der Waals surface area (Å²) in [5.74, 6) is 0.887. The predicted octanol–water partition coefficient (Wildman–Crippen LogP) is 2.59. The van der Waals surface area contributed by atoms with Crippen LogP contribution in [0.3, 0.4) is 0 Å². The molecule has 4 heteroatoms. The minimum atomic E-state index is 0.322. The Morgan fingerprint density at radius 2 is 2.16 bits per heavy atom. The number of hydrogen-bond donors (Lipinski definition) is 1. The van der Waals surface area contributed by atoms with Crippen LogP contribution in [0.15, 0.2) is 30.3 Å². The minimum absolute atomic E-state index is 0.322. The minimum Gasteiger partial charge on any atom is -0.487 e. The zero-order valence-corrected chi connectivity index (χ0v) is 12.0.